The SMILES string of the molecule is C=C(C)C.[Sn].c1ccccc1.c1ccccc1.c1ccccc1. The van der Waals surface area contributed by atoms with Crippen LogP contribution < -0.4 is 0 Å². The van der Waals surface area contributed by atoms with Crippen molar-refractivity contribution < 1.29 is 0 Å². The summed E-state index contributed by atoms with van der Waals surface area (Å²) in [6.45, 7) is 7.50. The second-order valence-electron chi connectivity index (χ2n) is 4.67. The Balaban J connectivity index is 0. The van der Waals surface area contributed by atoms with E-state index in [2.05, 4.69) is 6.58 Å². The van der Waals surface area contributed by atoms with Crippen LogP contribution in [0.4, 0.5) is 0 Å². The summed E-state index contributed by atoms with van der Waals surface area (Å²) < 4.78 is 0. The Morgan fingerprint density at radius 3 is 0.478 bits per heavy atom. The molecule has 0 saturated carbocycles. The van der Waals surface area contributed by atoms with Crippen molar-refractivity contribution in [1.82, 2.24) is 0 Å². The first-order chi connectivity index (χ1) is 10.7. The molecule has 3 rings (SSSR count). The maximum absolute atomic E-state index is 3.56. The molecule has 3 aromatic rings. The molecule has 0 atom stereocenters. The summed E-state index contributed by atoms with van der Waals surface area (Å²) in [5.74, 6) is 0. The Hall–Kier alpha value is -1.80. The molecule has 23 heavy (non-hydrogen) atoms. The molecule has 0 aliphatic rings. The predicted molar refractivity (Wildman–Crippen MR) is 106 cm³/mol. The number of hydrogen-bond donors (Lipinski definition) is 0. The molecule has 0 heterocycles. The molecule has 0 nitrogen and oxygen atoms in total. The minimum Gasteiger partial charge on any atom is -0.100 e. The number of rotatable bonds is 0. The van der Waals surface area contributed by atoms with Gasteiger partial charge in [0, 0.05) is 23.9 Å². The molecule has 118 valence electrons. The topological polar surface area (TPSA) is 0 Å². The molecule has 4 radical (unpaired) electrons. The Morgan fingerprint density at radius 1 is 0.391 bits per heavy atom. The zero-order valence-electron chi connectivity index (χ0n) is 14.1. The number of allylic oxidation sites excluding steroid dienone is 1. The summed E-state index contributed by atoms with van der Waals surface area (Å²) in [4.78, 5) is 0. The summed E-state index contributed by atoms with van der Waals surface area (Å²) in [7, 11) is 0. The number of hydrogen-bond acceptors (Lipinski definition) is 0. The van der Waals surface area contributed by atoms with E-state index in [0.717, 1.165) is 0 Å². The van der Waals surface area contributed by atoms with Gasteiger partial charge in [-0.1, -0.05) is 115 Å². The fraction of sp³-hybridized carbons (Fsp3) is 0.0909. The van der Waals surface area contributed by atoms with E-state index in [1.54, 1.807) is 0 Å². The fourth-order valence-electron chi connectivity index (χ4n) is 1.15. The van der Waals surface area contributed by atoms with E-state index in [4.69, 9.17) is 0 Å². The summed E-state index contributed by atoms with van der Waals surface area (Å²) in [5, 5.41) is 0. The Kier molecular flexibility index (Phi) is 20.6. The molecular formula is C22H26Sn. The Bertz CT molecular complexity index is 374. The summed E-state index contributed by atoms with van der Waals surface area (Å²) in [6.07, 6.45) is 0. The van der Waals surface area contributed by atoms with Gasteiger partial charge in [0.1, 0.15) is 0 Å². The van der Waals surface area contributed by atoms with Gasteiger partial charge in [-0.25, -0.2) is 0 Å². The monoisotopic (exact) mass is 410 g/mol. The van der Waals surface area contributed by atoms with Gasteiger partial charge in [0.05, 0.1) is 0 Å². The van der Waals surface area contributed by atoms with E-state index in [0.29, 0.717) is 0 Å². The van der Waals surface area contributed by atoms with Gasteiger partial charge in [-0.05, 0) is 13.8 Å². The second-order valence-corrected chi connectivity index (χ2v) is 4.67. The van der Waals surface area contributed by atoms with E-state index in [9.17, 15) is 0 Å². The minimum absolute atomic E-state index is 0. The van der Waals surface area contributed by atoms with Crippen molar-refractivity contribution >= 4 is 23.9 Å². The third-order valence-electron chi connectivity index (χ3n) is 2.00. The van der Waals surface area contributed by atoms with Gasteiger partial charge in [0.25, 0.3) is 0 Å². The first-order valence-corrected chi connectivity index (χ1v) is 7.35. The molecule has 0 amide bonds. The zero-order valence-corrected chi connectivity index (χ0v) is 17.0. The van der Waals surface area contributed by atoms with Crippen molar-refractivity contribution in [3.05, 3.63) is 121 Å². The van der Waals surface area contributed by atoms with E-state index in [1.807, 2.05) is 123 Å². The molecule has 0 fully saturated rings. The van der Waals surface area contributed by atoms with Crippen LogP contribution in [0.1, 0.15) is 13.8 Å². The molecular weight excluding hydrogens is 383 g/mol. The fourth-order valence-corrected chi connectivity index (χ4v) is 1.15. The van der Waals surface area contributed by atoms with Crippen molar-refractivity contribution in [2.75, 3.05) is 0 Å². The first-order valence-electron chi connectivity index (χ1n) is 7.35. The third-order valence-corrected chi connectivity index (χ3v) is 2.00. The quantitative estimate of drug-likeness (QED) is 0.304. The van der Waals surface area contributed by atoms with Crippen LogP contribution in [0, 0.1) is 0 Å². The summed E-state index contributed by atoms with van der Waals surface area (Å²) in [6, 6.07) is 36.0. The van der Waals surface area contributed by atoms with E-state index in [-0.39, 0.29) is 23.9 Å². The van der Waals surface area contributed by atoms with Crippen LogP contribution in [-0.2, 0) is 0 Å². The standard InChI is InChI=1S/3C6H6.C4H8.Sn/c3*1-2-4-6-5-3-1;1-4(2)3;/h3*1-6H;1H2,2-3H3;. The number of benzene rings is 3. The van der Waals surface area contributed by atoms with Crippen LogP contribution in [0.5, 0.6) is 0 Å². The van der Waals surface area contributed by atoms with E-state index < -0.39 is 0 Å². The largest absolute Gasteiger partial charge is 0.100 e. The van der Waals surface area contributed by atoms with Crippen LogP contribution in [0.3, 0.4) is 0 Å². The first kappa shape index (κ1) is 23.5. The van der Waals surface area contributed by atoms with Crippen LogP contribution in [-0.4, -0.2) is 23.9 Å². The molecule has 0 aliphatic heterocycles. The molecule has 0 unspecified atom stereocenters. The second kappa shape index (κ2) is 20.2. The van der Waals surface area contributed by atoms with Gasteiger partial charge in [-0.15, -0.1) is 6.58 Å². The average molecular weight is 409 g/mol. The van der Waals surface area contributed by atoms with Crippen LogP contribution in [0.15, 0.2) is 121 Å². The van der Waals surface area contributed by atoms with Crippen LogP contribution in [0.25, 0.3) is 0 Å². The molecule has 1 heteroatoms. The van der Waals surface area contributed by atoms with Gasteiger partial charge in [-0.2, -0.15) is 0 Å². The van der Waals surface area contributed by atoms with Crippen molar-refractivity contribution in [2.45, 2.75) is 13.8 Å². The van der Waals surface area contributed by atoms with Crippen molar-refractivity contribution in [3.63, 3.8) is 0 Å². The maximum atomic E-state index is 3.56. The van der Waals surface area contributed by atoms with Gasteiger partial charge in [0.15, 0.2) is 0 Å². The van der Waals surface area contributed by atoms with Gasteiger partial charge in [0.2, 0.25) is 0 Å². The zero-order chi connectivity index (χ0) is 16.3. The molecule has 0 aromatic heterocycles. The average Bonchev–Trinajstić information content (AvgIpc) is 2.60. The predicted octanol–water partition coefficient (Wildman–Crippen LogP) is 6.26. The molecule has 0 N–H and O–H groups in total. The maximum Gasteiger partial charge on any atom is 0 e. The molecule has 0 spiro atoms. The molecule has 0 saturated heterocycles. The van der Waals surface area contributed by atoms with E-state index in [1.165, 1.54) is 5.57 Å². The van der Waals surface area contributed by atoms with Crippen molar-refractivity contribution in [3.8, 4) is 0 Å². The van der Waals surface area contributed by atoms with Gasteiger partial charge >= 0.3 is 0 Å². The van der Waals surface area contributed by atoms with Crippen LogP contribution in [0.2, 0.25) is 0 Å². The Morgan fingerprint density at radius 2 is 0.435 bits per heavy atom. The van der Waals surface area contributed by atoms with Gasteiger partial charge in [-0.3, -0.25) is 0 Å². The van der Waals surface area contributed by atoms with E-state index >= 15 is 0 Å². The smallest absolute Gasteiger partial charge is 0 e. The normalized spacial score (nSPS) is 7.39. The van der Waals surface area contributed by atoms with Crippen LogP contribution >= 0.6 is 0 Å². The van der Waals surface area contributed by atoms with Gasteiger partial charge < -0.3 is 0 Å². The molecule has 0 bridgehead atoms. The summed E-state index contributed by atoms with van der Waals surface area (Å²) >= 11 is 0. The van der Waals surface area contributed by atoms with Crippen molar-refractivity contribution in [2.24, 2.45) is 0 Å². The summed E-state index contributed by atoms with van der Waals surface area (Å²) in [5.41, 5.74) is 1.17. The molecule has 3 aromatic carbocycles. The van der Waals surface area contributed by atoms with Crippen molar-refractivity contribution in [1.29, 1.82) is 0 Å². The minimum atomic E-state index is 0. The third kappa shape index (κ3) is 25.5. The Labute approximate surface area is 158 Å². The molecule has 0 aliphatic carbocycles.